The maximum Gasteiger partial charge on any atom is 0.460 e. The van der Waals surface area contributed by atoms with Crippen LogP contribution in [-0.2, 0) is 21.4 Å². The van der Waals surface area contributed by atoms with Crippen molar-refractivity contribution in [3.05, 3.63) is 54.4 Å². The van der Waals surface area contributed by atoms with Crippen molar-refractivity contribution >= 4 is 38.0 Å². The Morgan fingerprint density at radius 1 is 1.04 bits per heavy atom. The van der Waals surface area contributed by atoms with E-state index < -0.39 is 50.4 Å². The number of furan rings is 1. The zero-order valence-electron chi connectivity index (χ0n) is 25.9. The van der Waals surface area contributed by atoms with E-state index in [1.54, 1.807) is 12.1 Å². The second kappa shape index (κ2) is 13.1. The Balaban J connectivity index is 1.54. The molecule has 0 saturated heterocycles. The highest BCUT2D eigenvalue weighted by atomic mass is 32.2. The average molecular weight is 762 g/mol. The number of hydrogen-bond donors (Lipinski definition) is 2. The molecule has 20 heteroatoms. The van der Waals surface area contributed by atoms with Gasteiger partial charge in [-0.2, -0.15) is 47.9 Å². The SMILES string of the molecule is CC(C)CCCN(c1cc2oc(-c3ccc(OS(=O)(=O)C(F)(F)C(F)(F)C(F)(F)C(F)(F)F)cc3)c(-c3ncc[nH]3)c2cc1C1CC1)S(=O)O. The summed E-state index contributed by atoms with van der Waals surface area (Å²) in [5.74, 6) is -15.3. The Morgan fingerprint density at radius 2 is 1.68 bits per heavy atom. The molecule has 0 amide bonds. The zero-order valence-corrected chi connectivity index (χ0v) is 27.5. The van der Waals surface area contributed by atoms with Crippen molar-refractivity contribution in [1.82, 2.24) is 9.97 Å². The van der Waals surface area contributed by atoms with Crippen LogP contribution in [0.5, 0.6) is 5.75 Å². The molecule has 0 radical (unpaired) electrons. The molecule has 1 aliphatic carbocycles. The number of aromatic nitrogens is 2. The largest absolute Gasteiger partial charge is 0.460 e. The number of nitrogens with one attached hydrogen (secondary N) is 1. The van der Waals surface area contributed by atoms with Crippen LogP contribution in [0.15, 0.2) is 53.2 Å². The molecular weight excluding hydrogens is 733 g/mol. The molecule has 9 nitrogen and oxygen atoms in total. The average Bonchev–Trinajstić information content (AvgIpc) is 3.58. The summed E-state index contributed by atoms with van der Waals surface area (Å²) in [5.41, 5.74) is 1.91. The lowest BCUT2D eigenvalue weighted by Gasteiger charge is -2.32. The Labute approximate surface area is 281 Å². The van der Waals surface area contributed by atoms with Crippen LogP contribution in [0.1, 0.15) is 51.0 Å². The van der Waals surface area contributed by atoms with Crippen LogP contribution in [0.3, 0.4) is 0 Å². The number of halogens is 9. The minimum Gasteiger partial charge on any atom is -0.455 e. The summed E-state index contributed by atoms with van der Waals surface area (Å²) >= 11 is -2.40. The Kier molecular flexibility index (Phi) is 9.80. The van der Waals surface area contributed by atoms with E-state index in [0.717, 1.165) is 37.0 Å². The monoisotopic (exact) mass is 761 g/mol. The summed E-state index contributed by atoms with van der Waals surface area (Å²) in [7, 11) is -7.15. The number of H-pyrrole nitrogens is 1. The topological polar surface area (TPSA) is 126 Å². The number of aromatic amines is 1. The van der Waals surface area contributed by atoms with Crippen LogP contribution in [-0.4, -0.2) is 57.0 Å². The first kappa shape index (κ1) is 37.5. The number of rotatable bonds is 14. The number of imidazole rings is 1. The third-order valence-electron chi connectivity index (χ3n) is 7.94. The van der Waals surface area contributed by atoms with Gasteiger partial charge >= 0.3 is 33.4 Å². The van der Waals surface area contributed by atoms with Gasteiger partial charge in [0.15, 0.2) is 0 Å². The second-order valence-electron chi connectivity index (χ2n) is 12.0. The quantitative estimate of drug-likeness (QED) is 0.0747. The number of anilines is 1. The van der Waals surface area contributed by atoms with Crippen LogP contribution >= 0.6 is 0 Å². The molecule has 0 aliphatic heterocycles. The molecule has 0 bridgehead atoms. The normalized spacial score (nSPS) is 15.5. The zero-order chi connectivity index (χ0) is 37.0. The molecule has 0 spiro atoms. The van der Waals surface area contributed by atoms with Crippen LogP contribution in [0.25, 0.3) is 33.7 Å². The maximum atomic E-state index is 14.2. The summed E-state index contributed by atoms with van der Waals surface area (Å²) in [5, 5.41) is -6.53. The maximum absolute atomic E-state index is 14.2. The van der Waals surface area contributed by atoms with Crippen LogP contribution in [0.2, 0.25) is 0 Å². The van der Waals surface area contributed by atoms with Gasteiger partial charge < -0.3 is 13.6 Å². The Morgan fingerprint density at radius 3 is 2.20 bits per heavy atom. The molecule has 2 N–H and O–H groups in total. The van der Waals surface area contributed by atoms with Gasteiger partial charge in [-0.1, -0.05) is 13.8 Å². The highest BCUT2D eigenvalue weighted by Gasteiger charge is 2.86. The van der Waals surface area contributed by atoms with Crippen molar-refractivity contribution in [2.45, 2.75) is 68.7 Å². The lowest BCUT2D eigenvalue weighted by atomic mass is 10.00. The minimum atomic E-state index is -7.45. The molecule has 1 fully saturated rings. The smallest absolute Gasteiger partial charge is 0.455 e. The van der Waals surface area contributed by atoms with Gasteiger partial charge in [-0.25, -0.2) is 9.19 Å². The standard InChI is InChI=1S/C30H28F9N3O6S2/c1-16(2)4-3-13-42(49(43)44)22-15-23-21(14-20(22)17-5-6-17)24(26-40-11-12-41-26)25(47-23)18-7-9-19(10-8-18)48-50(45,46)30(38,39)28(33,34)27(31,32)29(35,36)37/h7-12,14-17H,3-6,13H2,1-2H3,(H,40,41)(H,43,44). The van der Waals surface area contributed by atoms with Gasteiger partial charge in [-0.05, 0) is 73.4 Å². The van der Waals surface area contributed by atoms with Crippen molar-refractivity contribution in [2.75, 3.05) is 10.8 Å². The number of nitrogens with zero attached hydrogens (tertiary/aromatic N) is 2. The summed E-state index contributed by atoms with van der Waals surface area (Å²) in [6.45, 7) is 4.30. The Hall–Kier alpha value is -3.78. The van der Waals surface area contributed by atoms with Crippen molar-refractivity contribution < 1.29 is 65.3 Å². The molecule has 50 heavy (non-hydrogen) atoms. The van der Waals surface area contributed by atoms with Gasteiger partial charge in [0.05, 0.1) is 11.3 Å². The van der Waals surface area contributed by atoms with E-state index in [1.807, 2.05) is 13.8 Å². The molecule has 274 valence electrons. The second-order valence-corrected chi connectivity index (χ2v) is 14.5. The van der Waals surface area contributed by atoms with Gasteiger partial charge in [0.2, 0.25) is 0 Å². The molecule has 4 aromatic rings. The fourth-order valence-corrected chi connectivity index (χ4v) is 6.73. The molecule has 1 atom stereocenters. The van der Waals surface area contributed by atoms with E-state index >= 15 is 0 Å². The number of alkyl halides is 9. The predicted molar refractivity (Wildman–Crippen MR) is 164 cm³/mol. The van der Waals surface area contributed by atoms with Crippen LogP contribution < -0.4 is 8.49 Å². The summed E-state index contributed by atoms with van der Waals surface area (Å²) in [6.07, 6.45) is -1.24. The van der Waals surface area contributed by atoms with Gasteiger partial charge in [0.25, 0.3) is 11.3 Å². The van der Waals surface area contributed by atoms with E-state index in [0.29, 0.717) is 41.1 Å². The predicted octanol–water partition coefficient (Wildman–Crippen LogP) is 8.88. The molecular formula is C30H28F9N3O6S2. The van der Waals surface area contributed by atoms with E-state index in [-0.39, 0.29) is 35.2 Å². The van der Waals surface area contributed by atoms with Gasteiger partial charge in [0, 0.05) is 36.0 Å². The lowest BCUT2D eigenvalue weighted by Crippen LogP contribution is -2.63. The molecule has 1 saturated carbocycles. The van der Waals surface area contributed by atoms with E-state index in [9.17, 15) is 56.7 Å². The van der Waals surface area contributed by atoms with E-state index in [2.05, 4.69) is 14.2 Å². The third-order valence-corrected chi connectivity index (χ3v) is 9.99. The first-order valence-corrected chi connectivity index (χ1v) is 17.3. The number of fused-ring (bicyclic) bond motifs is 1. The first-order chi connectivity index (χ1) is 23.1. The molecule has 5 rings (SSSR count). The first-order valence-electron chi connectivity index (χ1n) is 14.8. The fourth-order valence-electron chi connectivity index (χ4n) is 5.21. The highest BCUT2D eigenvalue weighted by molar-refractivity contribution is 7.88. The molecule has 2 aromatic heterocycles. The molecule has 2 aromatic carbocycles. The van der Waals surface area contributed by atoms with Gasteiger partial charge in [0.1, 0.15) is 22.9 Å². The lowest BCUT2D eigenvalue weighted by molar-refractivity contribution is -0.382. The van der Waals surface area contributed by atoms with Gasteiger partial charge in [-0.3, -0.25) is 8.86 Å². The van der Waals surface area contributed by atoms with E-state index in [1.165, 1.54) is 16.7 Å². The van der Waals surface area contributed by atoms with Crippen LogP contribution in [0, 0.1) is 5.92 Å². The summed E-state index contributed by atoms with van der Waals surface area (Å²) < 4.78 is 178. The van der Waals surface area contributed by atoms with Crippen molar-refractivity contribution in [2.24, 2.45) is 5.92 Å². The van der Waals surface area contributed by atoms with Crippen molar-refractivity contribution in [1.29, 1.82) is 0 Å². The third kappa shape index (κ3) is 6.68. The minimum absolute atomic E-state index is 0.0569. The van der Waals surface area contributed by atoms with Crippen molar-refractivity contribution in [3.63, 3.8) is 0 Å². The number of hydrogen-bond acceptors (Lipinski definition) is 6. The molecule has 2 heterocycles. The highest BCUT2D eigenvalue weighted by Crippen LogP contribution is 2.55. The fraction of sp³-hybridized carbons (Fsp3) is 0.433. The summed E-state index contributed by atoms with van der Waals surface area (Å²) in [6, 6.07) is 6.76. The summed E-state index contributed by atoms with van der Waals surface area (Å²) in [4.78, 5) is 7.19. The molecule has 1 aliphatic rings. The van der Waals surface area contributed by atoms with Gasteiger partial charge in [-0.15, -0.1) is 0 Å². The van der Waals surface area contributed by atoms with Crippen LogP contribution in [0.4, 0.5) is 45.2 Å². The molecule has 1 unspecified atom stereocenters. The van der Waals surface area contributed by atoms with E-state index in [4.69, 9.17) is 4.42 Å². The van der Waals surface area contributed by atoms with Crippen molar-refractivity contribution in [3.8, 4) is 28.5 Å². The Bertz CT molecular complexity index is 1980. The number of benzene rings is 2.